The van der Waals surface area contributed by atoms with Crippen LogP contribution in [0.1, 0.15) is 4.28 Å². The summed E-state index contributed by atoms with van der Waals surface area (Å²) in [5, 5.41) is 41.8. The summed E-state index contributed by atoms with van der Waals surface area (Å²) in [5.74, 6) is 0. The largest absolute Gasteiger partial charge is 1.00 e. The predicted octanol–water partition coefficient (Wildman–Crippen LogP) is -7.98. The summed E-state index contributed by atoms with van der Waals surface area (Å²) in [6, 6.07) is 0. The molecular formula is C3H9K3O9. The molecule has 6 N–H and O–H groups in total. The average molecular weight is 306 g/mol. The molecule has 0 saturated heterocycles. The summed E-state index contributed by atoms with van der Waals surface area (Å²) in [6.45, 7) is 0. The van der Waals surface area contributed by atoms with Gasteiger partial charge in [-0.15, -0.1) is 0 Å². The molecule has 0 radical (unpaired) electrons. The first kappa shape index (κ1) is 36.1. The number of carbonyl (C=O) groups is 3. The van der Waals surface area contributed by atoms with Crippen LogP contribution in [0.5, 0.6) is 0 Å². The second-order valence-corrected chi connectivity index (χ2v) is 0.848. The first-order chi connectivity index (χ1) is 5.20. The Hall–Kier alpha value is 2.72. The van der Waals surface area contributed by atoms with Crippen LogP contribution in [0, 0.1) is 0 Å². The van der Waals surface area contributed by atoms with Crippen LogP contribution in [-0.4, -0.2) is 49.1 Å². The van der Waals surface area contributed by atoms with Gasteiger partial charge in [0.2, 0.25) is 0 Å². The second-order valence-electron chi connectivity index (χ2n) is 0.848. The van der Waals surface area contributed by atoms with Crippen molar-refractivity contribution >= 4 is 18.5 Å². The van der Waals surface area contributed by atoms with E-state index in [4.69, 9.17) is 45.0 Å². The van der Waals surface area contributed by atoms with Crippen molar-refractivity contribution in [3.8, 4) is 0 Å². The Balaban J connectivity index is -0.00000000827. The molecule has 0 aromatic carbocycles. The van der Waals surface area contributed by atoms with E-state index in [1.165, 1.54) is 0 Å². The molecule has 0 aliphatic carbocycles. The SMILES string of the molecule is O=C(O)O.O=C(O)O.O=C(O)O.[H-].[H-].[H-].[K+].[K+].[K+]. The first-order valence-corrected chi connectivity index (χ1v) is 1.95. The molecule has 0 heterocycles. The zero-order valence-electron chi connectivity index (χ0n) is 11.4. The van der Waals surface area contributed by atoms with Gasteiger partial charge in [-0.3, -0.25) is 0 Å². The summed E-state index contributed by atoms with van der Waals surface area (Å²) in [4.78, 5) is 25.7. The maximum atomic E-state index is 8.56. The van der Waals surface area contributed by atoms with Crippen molar-refractivity contribution in [1.82, 2.24) is 0 Å². The molecule has 0 spiro atoms. The molecule has 0 atom stereocenters. The Kier molecular flexibility index (Phi) is 72.3. The van der Waals surface area contributed by atoms with Crippen molar-refractivity contribution in [3.63, 3.8) is 0 Å². The molecule has 9 nitrogen and oxygen atoms in total. The third-order valence-corrected chi connectivity index (χ3v) is 0. The van der Waals surface area contributed by atoms with E-state index in [1.807, 2.05) is 0 Å². The van der Waals surface area contributed by atoms with Crippen LogP contribution < -0.4 is 154 Å². The standard InChI is InChI=1S/3CH2O3.3K.3H/c3*2-1(3)4;;;;;;/h3*(H2,2,3,4);;;;;;/q;;;3*+1;3*-1. The van der Waals surface area contributed by atoms with Gasteiger partial charge in [-0.1, -0.05) is 0 Å². The van der Waals surface area contributed by atoms with E-state index in [0.717, 1.165) is 0 Å². The molecule has 78 valence electrons. The van der Waals surface area contributed by atoms with Crippen molar-refractivity contribution < 1.29 is 203 Å². The van der Waals surface area contributed by atoms with E-state index in [-0.39, 0.29) is 158 Å². The fourth-order valence-corrected chi connectivity index (χ4v) is 0. The zero-order chi connectivity index (χ0) is 10.7. The molecule has 0 fully saturated rings. The summed E-state index contributed by atoms with van der Waals surface area (Å²) >= 11 is 0. The Morgan fingerprint density at radius 3 is 0.533 bits per heavy atom. The number of hydrogen-bond donors (Lipinski definition) is 6. The van der Waals surface area contributed by atoms with E-state index in [1.54, 1.807) is 0 Å². The molecule has 0 aromatic rings. The summed E-state index contributed by atoms with van der Waals surface area (Å²) in [7, 11) is 0. The van der Waals surface area contributed by atoms with Gasteiger partial charge in [-0.25, -0.2) is 14.4 Å². The quantitative estimate of drug-likeness (QED) is 0.238. The Morgan fingerprint density at radius 1 is 0.533 bits per heavy atom. The van der Waals surface area contributed by atoms with E-state index < -0.39 is 18.5 Å². The molecule has 0 aromatic heterocycles. The van der Waals surface area contributed by atoms with Gasteiger partial charge in [-0.05, 0) is 0 Å². The van der Waals surface area contributed by atoms with Crippen molar-refractivity contribution in [2.45, 2.75) is 0 Å². The van der Waals surface area contributed by atoms with Gasteiger partial charge >= 0.3 is 173 Å². The van der Waals surface area contributed by atoms with Crippen molar-refractivity contribution in [1.29, 1.82) is 0 Å². The summed E-state index contributed by atoms with van der Waals surface area (Å²) < 4.78 is 0. The minimum Gasteiger partial charge on any atom is -1.00 e. The molecule has 0 bridgehead atoms. The Labute approximate surface area is 216 Å². The van der Waals surface area contributed by atoms with Gasteiger partial charge in [0.05, 0.1) is 0 Å². The third kappa shape index (κ3) is 490. The van der Waals surface area contributed by atoms with Crippen LogP contribution in [0.3, 0.4) is 0 Å². The molecule has 0 aliphatic rings. The van der Waals surface area contributed by atoms with Gasteiger partial charge in [0.1, 0.15) is 0 Å². The molecule has 0 unspecified atom stereocenters. The molecule has 0 rings (SSSR count). The van der Waals surface area contributed by atoms with Crippen molar-refractivity contribution in [3.05, 3.63) is 0 Å². The van der Waals surface area contributed by atoms with E-state index in [2.05, 4.69) is 0 Å². The van der Waals surface area contributed by atoms with E-state index >= 15 is 0 Å². The normalized spacial score (nSPS) is 4.80. The van der Waals surface area contributed by atoms with Crippen LogP contribution in [0.4, 0.5) is 14.4 Å². The van der Waals surface area contributed by atoms with Gasteiger partial charge in [0.25, 0.3) is 0 Å². The smallest absolute Gasteiger partial charge is 1.00 e. The first-order valence-electron chi connectivity index (χ1n) is 1.95. The van der Waals surface area contributed by atoms with Crippen molar-refractivity contribution in [2.75, 3.05) is 0 Å². The maximum Gasteiger partial charge on any atom is 1.00 e. The third-order valence-electron chi connectivity index (χ3n) is 0. The Bertz CT molecular complexity index is 130. The summed E-state index contributed by atoms with van der Waals surface area (Å²) in [6.07, 6.45) is -5.50. The minimum absolute atomic E-state index is 0. The average Bonchev–Trinajstić information content (AvgIpc) is 1.54. The zero-order valence-corrected chi connectivity index (χ0v) is 17.8. The molecule has 0 amide bonds. The predicted molar refractivity (Wildman–Crippen MR) is 35.3 cm³/mol. The maximum absolute atomic E-state index is 8.56. The van der Waals surface area contributed by atoms with Crippen LogP contribution in [-0.2, 0) is 0 Å². The number of rotatable bonds is 0. The fraction of sp³-hybridized carbons (Fsp3) is 0. The summed E-state index contributed by atoms with van der Waals surface area (Å²) in [5.41, 5.74) is 0. The number of carboxylic acid groups (broad SMARTS) is 6. The fourth-order valence-electron chi connectivity index (χ4n) is 0. The Morgan fingerprint density at radius 2 is 0.533 bits per heavy atom. The van der Waals surface area contributed by atoms with E-state index in [9.17, 15) is 0 Å². The topological polar surface area (TPSA) is 173 Å². The van der Waals surface area contributed by atoms with Gasteiger partial charge < -0.3 is 34.9 Å². The molecule has 12 heteroatoms. The van der Waals surface area contributed by atoms with Crippen LogP contribution in [0.15, 0.2) is 0 Å². The minimum atomic E-state index is -1.83. The van der Waals surface area contributed by atoms with Gasteiger partial charge in [-0.2, -0.15) is 0 Å². The van der Waals surface area contributed by atoms with Crippen LogP contribution in [0.25, 0.3) is 0 Å². The van der Waals surface area contributed by atoms with Gasteiger partial charge in [0, 0.05) is 0 Å². The monoisotopic (exact) mass is 306 g/mol. The van der Waals surface area contributed by atoms with E-state index in [0.29, 0.717) is 0 Å². The number of hydrogen-bond acceptors (Lipinski definition) is 3. The second kappa shape index (κ2) is 30.1. The van der Waals surface area contributed by atoms with Crippen LogP contribution in [0.2, 0.25) is 0 Å². The molecule has 0 aliphatic heterocycles. The van der Waals surface area contributed by atoms with Crippen molar-refractivity contribution in [2.24, 2.45) is 0 Å². The van der Waals surface area contributed by atoms with Crippen LogP contribution >= 0.6 is 0 Å². The molecule has 0 saturated carbocycles. The molecular weight excluding hydrogens is 297 g/mol. The molecule has 15 heavy (non-hydrogen) atoms. The van der Waals surface area contributed by atoms with Gasteiger partial charge in [0.15, 0.2) is 0 Å².